The molecule has 0 spiro atoms. The molecule has 1 heteroatoms. The lowest BCUT2D eigenvalue weighted by Gasteiger charge is -2.31. The summed E-state index contributed by atoms with van der Waals surface area (Å²) in [6.07, 6.45) is 2.48. The molecule has 0 nitrogen and oxygen atoms in total. The zero-order valence-electron chi connectivity index (χ0n) is 16.5. The van der Waals surface area contributed by atoms with E-state index in [0.717, 1.165) is 0 Å². The summed E-state index contributed by atoms with van der Waals surface area (Å²) in [4.78, 5) is 0. The highest BCUT2D eigenvalue weighted by molar-refractivity contribution is 7.73. The van der Waals surface area contributed by atoms with Gasteiger partial charge in [0.2, 0.25) is 0 Å². The van der Waals surface area contributed by atoms with Crippen molar-refractivity contribution in [3.05, 3.63) is 59.7 Å². The molecule has 0 unspecified atom stereocenters. The fourth-order valence-corrected chi connectivity index (χ4v) is 6.40. The molecule has 24 heavy (non-hydrogen) atoms. The van der Waals surface area contributed by atoms with Gasteiger partial charge < -0.3 is 0 Å². The van der Waals surface area contributed by atoms with E-state index in [0.29, 0.717) is 0 Å². The first kappa shape index (κ1) is 19.2. The molecule has 0 heterocycles. The third-order valence-electron chi connectivity index (χ3n) is 4.45. The van der Waals surface area contributed by atoms with E-state index in [9.17, 15) is 0 Å². The summed E-state index contributed by atoms with van der Waals surface area (Å²) >= 11 is 0. The molecule has 0 amide bonds. The lowest BCUT2D eigenvalue weighted by molar-refractivity contribution is 0.593. The molecule has 0 bridgehead atoms. The van der Waals surface area contributed by atoms with E-state index in [2.05, 4.69) is 97.0 Å². The summed E-state index contributed by atoms with van der Waals surface area (Å²) < 4.78 is 0. The third kappa shape index (κ3) is 4.28. The fourth-order valence-electron chi connectivity index (χ4n) is 3.28. The first-order valence-electron chi connectivity index (χ1n) is 9.13. The molecule has 0 aromatic heterocycles. The number of rotatable bonds is 4. The van der Waals surface area contributed by atoms with Crippen molar-refractivity contribution in [3.8, 4) is 0 Å². The van der Waals surface area contributed by atoms with E-state index in [1.165, 1.54) is 23.7 Å². The average Bonchev–Trinajstić information content (AvgIpc) is 2.51. The monoisotopic (exact) mass is 340 g/mol. The van der Waals surface area contributed by atoms with Crippen molar-refractivity contribution in [2.24, 2.45) is 0 Å². The molecule has 0 aliphatic rings. The smallest absolute Gasteiger partial charge is 0.0125 e. The van der Waals surface area contributed by atoms with Crippen molar-refractivity contribution in [1.29, 1.82) is 0 Å². The second kappa shape index (κ2) is 7.40. The fraction of sp³-hybridized carbons (Fsp3) is 0.478. The molecule has 0 fully saturated rings. The van der Waals surface area contributed by atoms with Gasteiger partial charge in [0.25, 0.3) is 0 Å². The Hall–Kier alpha value is -1.13. The minimum atomic E-state index is -0.321. The lowest BCUT2D eigenvalue weighted by atomic mass is 9.87. The van der Waals surface area contributed by atoms with E-state index in [1.54, 1.807) is 10.6 Å². The Bertz CT molecular complexity index is 613. The summed E-state index contributed by atoms with van der Waals surface area (Å²) in [5, 5.41) is 3.14. The van der Waals surface area contributed by atoms with Gasteiger partial charge in [0.15, 0.2) is 0 Å². The Kier molecular flexibility index (Phi) is 5.92. The summed E-state index contributed by atoms with van der Waals surface area (Å²) in [6.45, 7) is 16.3. The summed E-state index contributed by atoms with van der Waals surface area (Å²) in [6, 6.07) is 18.2. The van der Waals surface area contributed by atoms with Crippen molar-refractivity contribution in [2.75, 3.05) is 6.16 Å². The summed E-state index contributed by atoms with van der Waals surface area (Å²) in [7, 11) is -0.321. The van der Waals surface area contributed by atoms with E-state index in [-0.39, 0.29) is 18.8 Å². The molecule has 2 aromatic rings. The highest BCUT2D eigenvalue weighted by Crippen LogP contribution is 2.41. The van der Waals surface area contributed by atoms with Gasteiger partial charge >= 0.3 is 0 Å². The van der Waals surface area contributed by atoms with Crippen LogP contribution < -0.4 is 10.6 Å². The maximum atomic E-state index is 2.38. The van der Waals surface area contributed by atoms with Crippen LogP contribution in [0.1, 0.15) is 66.0 Å². The first-order valence-corrected chi connectivity index (χ1v) is 10.7. The Morgan fingerprint density at radius 3 is 1.38 bits per heavy atom. The molecular weight excluding hydrogens is 307 g/mol. The van der Waals surface area contributed by atoms with E-state index >= 15 is 0 Å². The molecule has 0 saturated carbocycles. The van der Waals surface area contributed by atoms with Crippen LogP contribution in [0.25, 0.3) is 0 Å². The van der Waals surface area contributed by atoms with Crippen molar-refractivity contribution in [3.63, 3.8) is 0 Å². The predicted octanol–water partition coefficient (Wildman–Crippen LogP) is 6.12. The molecule has 0 N–H and O–H groups in total. The number of hydrogen-bond acceptors (Lipinski definition) is 0. The second-order valence-corrected chi connectivity index (χ2v) is 11.0. The van der Waals surface area contributed by atoms with Crippen LogP contribution in [0.2, 0.25) is 0 Å². The van der Waals surface area contributed by atoms with Crippen LogP contribution in [-0.4, -0.2) is 6.16 Å². The largest absolute Gasteiger partial charge is 0.0650 e. The van der Waals surface area contributed by atoms with Gasteiger partial charge in [0, 0.05) is 0 Å². The molecule has 0 atom stereocenters. The second-order valence-electron chi connectivity index (χ2n) is 8.69. The summed E-state index contributed by atoms with van der Waals surface area (Å²) in [5.41, 5.74) is 3.38. The molecular formula is C23H33P. The van der Waals surface area contributed by atoms with Gasteiger partial charge in [-0.25, -0.2) is 0 Å². The van der Waals surface area contributed by atoms with Crippen LogP contribution in [0.3, 0.4) is 0 Å². The topological polar surface area (TPSA) is 0 Å². The molecule has 0 aliphatic carbocycles. The van der Waals surface area contributed by atoms with Crippen LogP contribution in [-0.2, 0) is 10.8 Å². The standard InChI is InChI=1S/C23H33P/c1-8-17-24(20-15-11-9-13-18(20)22(2,3)4)21-16-12-10-14-19(21)23(5,6)7/h9-16H,8,17H2,1-7H3. The predicted molar refractivity (Wildman–Crippen MR) is 112 cm³/mol. The van der Waals surface area contributed by atoms with Crippen LogP contribution >= 0.6 is 7.92 Å². The van der Waals surface area contributed by atoms with Gasteiger partial charge in [-0.2, -0.15) is 0 Å². The Morgan fingerprint density at radius 2 is 1.04 bits per heavy atom. The van der Waals surface area contributed by atoms with E-state index in [4.69, 9.17) is 0 Å². The van der Waals surface area contributed by atoms with E-state index < -0.39 is 0 Å². The molecule has 0 saturated heterocycles. The van der Waals surface area contributed by atoms with Crippen molar-refractivity contribution >= 4 is 18.5 Å². The van der Waals surface area contributed by atoms with Crippen LogP contribution in [0.5, 0.6) is 0 Å². The Balaban J connectivity index is 2.66. The van der Waals surface area contributed by atoms with Gasteiger partial charge in [-0.05, 0) is 46.6 Å². The zero-order valence-corrected chi connectivity index (χ0v) is 17.4. The maximum Gasteiger partial charge on any atom is -0.0125 e. The SMILES string of the molecule is CCCP(c1ccccc1C(C)(C)C)c1ccccc1C(C)(C)C. The first-order chi connectivity index (χ1) is 11.2. The quantitative estimate of drug-likeness (QED) is 0.588. The van der Waals surface area contributed by atoms with Gasteiger partial charge in [-0.3, -0.25) is 0 Å². The molecule has 0 radical (unpaired) electrons. The molecule has 2 rings (SSSR count). The maximum absolute atomic E-state index is 2.38. The van der Waals surface area contributed by atoms with E-state index in [1.807, 2.05) is 0 Å². The zero-order chi connectivity index (χ0) is 18.0. The Morgan fingerprint density at radius 1 is 0.667 bits per heavy atom. The highest BCUT2D eigenvalue weighted by Gasteiger charge is 2.27. The van der Waals surface area contributed by atoms with Gasteiger partial charge in [0.1, 0.15) is 0 Å². The lowest BCUT2D eigenvalue weighted by Crippen LogP contribution is -2.29. The van der Waals surface area contributed by atoms with Crippen LogP contribution in [0, 0.1) is 0 Å². The van der Waals surface area contributed by atoms with Crippen molar-refractivity contribution < 1.29 is 0 Å². The molecule has 130 valence electrons. The minimum absolute atomic E-state index is 0.182. The van der Waals surface area contributed by atoms with Crippen LogP contribution in [0.15, 0.2) is 48.5 Å². The van der Waals surface area contributed by atoms with Crippen molar-refractivity contribution in [1.82, 2.24) is 0 Å². The summed E-state index contributed by atoms with van der Waals surface area (Å²) in [5.74, 6) is 0. The Labute approximate surface area is 150 Å². The normalized spacial score (nSPS) is 12.7. The van der Waals surface area contributed by atoms with Crippen molar-refractivity contribution in [2.45, 2.75) is 65.7 Å². The third-order valence-corrected chi connectivity index (χ3v) is 7.29. The highest BCUT2D eigenvalue weighted by atomic mass is 31.1. The average molecular weight is 340 g/mol. The number of hydrogen-bond donors (Lipinski definition) is 0. The van der Waals surface area contributed by atoms with Gasteiger partial charge in [0.05, 0.1) is 0 Å². The molecule has 2 aromatic carbocycles. The molecule has 0 aliphatic heterocycles. The van der Waals surface area contributed by atoms with Gasteiger partial charge in [-0.1, -0.05) is 103 Å². The minimum Gasteiger partial charge on any atom is -0.0650 e. The van der Waals surface area contributed by atoms with Gasteiger partial charge in [-0.15, -0.1) is 0 Å². The van der Waals surface area contributed by atoms with Crippen LogP contribution in [0.4, 0.5) is 0 Å². The number of benzene rings is 2.